The Hall–Kier alpha value is -5.46. The van der Waals surface area contributed by atoms with E-state index in [0.29, 0.717) is 34.5 Å². The molecule has 4 unspecified atom stereocenters. The van der Waals surface area contributed by atoms with E-state index in [1.807, 2.05) is 43.3 Å². The van der Waals surface area contributed by atoms with Gasteiger partial charge in [0.05, 0.1) is 31.3 Å². The van der Waals surface area contributed by atoms with Crippen LogP contribution in [0.1, 0.15) is 72.1 Å². The van der Waals surface area contributed by atoms with Gasteiger partial charge in [0.15, 0.2) is 0 Å². The van der Waals surface area contributed by atoms with Gasteiger partial charge in [0.2, 0.25) is 17.7 Å². The number of carbonyl (C=O) groups excluding carboxylic acids is 4. The zero-order valence-corrected chi connectivity index (χ0v) is 32.1. The number of nitrogens with zero attached hydrogens (tertiary/aromatic N) is 1. The molecule has 13 nitrogen and oxygen atoms in total. The molecule has 2 aromatic carbocycles. The fraction of sp³-hybridized carbons (Fsp3) is 0.476. The summed E-state index contributed by atoms with van der Waals surface area (Å²) in [6, 6.07) is 13.7. The van der Waals surface area contributed by atoms with Gasteiger partial charge in [-0.25, -0.2) is 14.6 Å². The zero-order chi connectivity index (χ0) is 39.6. The van der Waals surface area contributed by atoms with Gasteiger partial charge in [-0.15, -0.1) is 0 Å². The normalized spacial score (nSPS) is 18.8. The second kappa shape index (κ2) is 18.7. The first-order chi connectivity index (χ1) is 26.4. The maximum absolute atomic E-state index is 14.2. The lowest BCUT2D eigenvalue weighted by Gasteiger charge is -2.31. The van der Waals surface area contributed by atoms with Crippen molar-refractivity contribution in [2.75, 3.05) is 14.2 Å². The molecule has 0 saturated heterocycles. The molecule has 1 fully saturated rings. The van der Waals surface area contributed by atoms with Crippen LogP contribution in [0.15, 0.2) is 66.2 Å². The summed E-state index contributed by atoms with van der Waals surface area (Å²) in [6.45, 7) is 5.36. The molecule has 0 radical (unpaired) electrons. The molecule has 5 atom stereocenters. The first kappa shape index (κ1) is 40.7. The minimum absolute atomic E-state index is 0.0261. The van der Waals surface area contributed by atoms with Gasteiger partial charge in [0, 0.05) is 35.1 Å². The first-order valence-corrected chi connectivity index (χ1v) is 19.1. The third-order valence-electron chi connectivity index (χ3n) is 10.4. The molecule has 3 aromatic rings. The Morgan fingerprint density at radius 1 is 0.927 bits per heavy atom. The van der Waals surface area contributed by atoms with Gasteiger partial charge >= 0.3 is 11.9 Å². The van der Waals surface area contributed by atoms with E-state index in [1.165, 1.54) is 7.11 Å². The molecule has 1 heterocycles. The van der Waals surface area contributed by atoms with Gasteiger partial charge in [-0.3, -0.25) is 14.4 Å². The maximum Gasteiger partial charge on any atom is 0.328 e. The van der Waals surface area contributed by atoms with Gasteiger partial charge < -0.3 is 35.3 Å². The monoisotopic (exact) mass is 756 g/mol. The molecule has 4 N–H and O–H groups in total. The van der Waals surface area contributed by atoms with Gasteiger partial charge in [-0.05, 0) is 49.3 Å². The molecule has 0 spiro atoms. The highest BCUT2D eigenvalue weighted by Gasteiger charge is 2.40. The van der Waals surface area contributed by atoms with Crippen LogP contribution in [0.3, 0.4) is 0 Å². The fourth-order valence-electron chi connectivity index (χ4n) is 7.41. The van der Waals surface area contributed by atoms with Crippen molar-refractivity contribution in [3.05, 3.63) is 66.2 Å². The van der Waals surface area contributed by atoms with Crippen molar-refractivity contribution >= 4 is 40.6 Å². The van der Waals surface area contributed by atoms with E-state index in [2.05, 4.69) is 16.0 Å². The van der Waals surface area contributed by atoms with E-state index in [4.69, 9.17) is 19.2 Å². The fourth-order valence-corrected chi connectivity index (χ4v) is 7.41. The van der Waals surface area contributed by atoms with Crippen molar-refractivity contribution in [2.45, 2.75) is 96.4 Å². The number of hydrogen-bond acceptors (Lipinski definition) is 9. The second-order valence-electron chi connectivity index (χ2n) is 14.6. The predicted molar refractivity (Wildman–Crippen MR) is 206 cm³/mol. The van der Waals surface area contributed by atoms with Gasteiger partial charge in [-0.1, -0.05) is 76.8 Å². The molecule has 2 aliphatic carbocycles. The van der Waals surface area contributed by atoms with E-state index in [0.717, 1.165) is 37.7 Å². The topological polar surface area (TPSA) is 182 Å². The number of rotatable bonds is 16. The van der Waals surface area contributed by atoms with Crippen molar-refractivity contribution in [2.24, 2.45) is 17.8 Å². The number of benzene rings is 2. The van der Waals surface area contributed by atoms with Crippen LogP contribution in [-0.4, -0.2) is 78.2 Å². The number of nitrogens with one attached hydrogen (secondary N) is 3. The Labute approximate surface area is 321 Å². The highest BCUT2D eigenvalue weighted by atomic mass is 16.5. The minimum Gasteiger partial charge on any atom is -0.497 e. The molecule has 0 aliphatic heterocycles. The van der Waals surface area contributed by atoms with Gasteiger partial charge in [0.1, 0.15) is 35.7 Å². The van der Waals surface area contributed by atoms with Crippen molar-refractivity contribution < 1.29 is 43.3 Å². The maximum atomic E-state index is 14.2. The number of hydrogen-bond donors (Lipinski definition) is 4. The first-order valence-electron chi connectivity index (χ1n) is 19.1. The van der Waals surface area contributed by atoms with Crippen LogP contribution in [0.5, 0.6) is 11.5 Å². The molecule has 294 valence electrons. The lowest BCUT2D eigenvalue weighted by Crippen LogP contribution is -2.56. The van der Waals surface area contributed by atoms with Gasteiger partial charge in [0.25, 0.3) is 0 Å². The van der Waals surface area contributed by atoms with E-state index < -0.39 is 65.7 Å². The molecule has 0 bridgehead atoms. The number of pyridine rings is 1. The standard InChI is InChI=1S/C42H52N4O9/c1-6-13-32(41(50)51)44-38(47)30-20-28(55-35-23-33(25-14-9-7-10-15-25)43-34-22-27(53-4)18-19-29(34)35)21-31(30)39(48)45-36(24(2)3)40(49)46-37(42(52)54-5)26-16-11-8-12-17-26/h7,9-10,14-15,18-19,21-24,26,28,30,32,36-37H,6,8,11-13,16-17,20H2,1-5H3,(H,44,47)(H,45,48)(H,46,49)(H,50,51)/t28?,30?,32-,36?,37?/m0/s1. The minimum atomic E-state index is -1.18. The SMILES string of the molecule is CCC[C@H](NC(=O)C1CC(Oc2cc(-c3ccccc3)nc3cc(OC)ccc23)C=C1C(=O)NC(C(=O)NC(C(=O)OC)C1CCCCC1)C(C)C)C(=O)O. The second-order valence-corrected chi connectivity index (χ2v) is 14.6. The van der Waals surface area contributed by atoms with Crippen molar-refractivity contribution in [3.63, 3.8) is 0 Å². The summed E-state index contributed by atoms with van der Waals surface area (Å²) in [5, 5.41) is 18.8. The van der Waals surface area contributed by atoms with E-state index >= 15 is 0 Å². The predicted octanol–water partition coefficient (Wildman–Crippen LogP) is 5.35. The lowest BCUT2D eigenvalue weighted by molar-refractivity contribution is -0.147. The number of carbonyl (C=O) groups is 5. The number of fused-ring (bicyclic) bond motifs is 1. The molecular weight excluding hydrogens is 704 g/mol. The summed E-state index contributed by atoms with van der Waals surface area (Å²) in [5.41, 5.74) is 2.14. The Morgan fingerprint density at radius 3 is 2.29 bits per heavy atom. The highest BCUT2D eigenvalue weighted by Crippen LogP contribution is 2.36. The average Bonchev–Trinajstić information content (AvgIpc) is 3.62. The third-order valence-corrected chi connectivity index (χ3v) is 10.4. The number of esters is 1. The number of methoxy groups -OCH3 is 2. The van der Waals surface area contributed by atoms with Crippen LogP contribution >= 0.6 is 0 Å². The Balaban J connectivity index is 1.46. The highest BCUT2D eigenvalue weighted by molar-refractivity contribution is 6.03. The molecule has 55 heavy (non-hydrogen) atoms. The average molecular weight is 757 g/mol. The Bertz CT molecular complexity index is 1890. The summed E-state index contributed by atoms with van der Waals surface area (Å²) in [5.74, 6) is -4.10. The number of carboxylic acids is 1. The van der Waals surface area contributed by atoms with Crippen molar-refractivity contribution in [3.8, 4) is 22.8 Å². The number of aromatic nitrogens is 1. The Morgan fingerprint density at radius 2 is 1.65 bits per heavy atom. The van der Waals surface area contributed by atoms with Crippen LogP contribution < -0.4 is 25.4 Å². The van der Waals surface area contributed by atoms with E-state index in [1.54, 1.807) is 45.2 Å². The summed E-state index contributed by atoms with van der Waals surface area (Å²) >= 11 is 0. The molecule has 1 aromatic heterocycles. The summed E-state index contributed by atoms with van der Waals surface area (Å²) in [4.78, 5) is 71.5. The van der Waals surface area contributed by atoms with Crippen LogP contribution in [0.2, 0.25) is 0 Å². The van der Waals surface area contributed by atoms with Crippen LogP contribution in [0.25, 0.3) is 22.2 Å². The molecule has 3 amide bonds. The van der Waals surface area contributed by atoms with Gasteiger partial charge in [-0.2, -0.15) is 0 Å². The smallest absolute Gasteiger partial charge is 0.328 e. The summed E-state index contributed by atoms with van der Waals surface area (Å²) in [7, 11) is 2.85. The van der Waals surface area contributed by atoms with Crippen LogP contribution in [0.4, 0.5) is 0 Å². The molecule has 5 rings (SSSR count). The van der Waals surface area contributed by atoms with Crippen LogP contribution in [-0.2, 0) is 28.7 Å². The van der Waals surface area contributed by atoms with Crippen molar-refractivity contribution in [1.82, 2.24) is 20.9 Å². The number of amides is 3. The zero-order valence-electron chi connectivity index (χ0n) is 32.1. The van der Waals surface area contributed by atoms with Crippen molar-refractivity contribution in [1.29, 1.82) is 0 Å². The van der Waals surface area contributed by atoms with E-state index in [-0.39, 0.29) is 24.3 Å². The van der Waals surface area contributed by atoms with Crippen LogP contribution in [0, 0.1) is 17.8 Å². The molecule has 13 heteroatoms. The largest absolute Gasteiger partial charge is 0.497 e. The molecule has 1 saturated carbocycles. The molecule has 2 aliphatic rings. The summed E-state index contributed by atoms with van der Waals surface area (Å²) in [6.07, 6.45) is 5.99. The molecular formula is C42H52N4O9. The summed E-state index contributed by atoms with van der Waals surface area (Å²) < 4.78 is 17.1. The third kappa shape index (κ3) is 10.00. The Kier molecular flexibility index (Phi) is 13.9. The number of carboxylic acid groups (broad SMARTS) is 1. The lowest BCUT2D eigenvalue weighted by atomic mass is 9.83. The number of aliphatic carboxylic acids is 1. The quantitative estimate of drug-likeness (QED) is 0.139. The van der Waals surface area contributed by atoms with E-state index in [9.17, 15) is 29.1 Å². The number of ether oxygens (including phenoxy) is 3.